The summed E-state index contributed by atoms with van der Waals surface area (Å²) in [5.74, 6) is -0.290. The van der Waals surface area contributed by atoms with Crippen LogP contribution in [0.15, 0.2) is 40.8 Å². The fourth-order valence-electron chi connectivity index (χ4n) is 2.58. The Hall–Kier alpha value is -2.12. The van der Waals surface area contributed by atoms with Crippen molar-refractivity contribution in [2.45, 2.75) is 44.8 Å². The quantitative estimate of drug-likeness (QED) is 0.626. The molecule has 0 fully saturated rings. The van der Waals surface area contributed by atoms with Gasteiger partial charge in [-0.25, -0.2) is 8.42 Å². The first-order valence-electron chi connectivity index (χ1n) is 8.99. The van der Waals surface area contributed by atoms with Gasteiger partial charge in [0.15, 0.2) is 15.6 Å². The minimum absolute atomic E-state index is 0.0627. The average Bonchev–Trinajstić information content (AvgIpc) is 3.01. The van der Waals surface area contributed by atoms with Crippen molar-refractivity contribution >= 4 is 15.7 Å². The second kappa shape index (κ2) is 9.71. The van der Waals surface area contributed by atoms with Gasteiger partial charge in [-0.1, -0.05) is 29.8 Å². The zero-order valence-electron chi connectivity index (χ0n) is 16.0. The molecule has 0 atom stereocenters. The molecule has 1 heterocycles. The van der Waals surface area contributed by atoms with Crippen LogP contribution in [0.4, 0.5) is 0 Å². The van der Waals surface area contributed by atoms with E-state index in [2.05, 4.69) is 5.32 Å². The van der Waals surface area contributed by atoms with E-state index in [9.17, 15) is 13.2 Å². The van der Waals surface area contributed by atoms with Crippen LogP contribution in [0.3, 0.4) is 0 Å². The third-order valence-corrected chi connectivity index (χ3v) is 5.27. The number of sulfone groups is 1. The van der Waals surface area contributed by atoms with Crippen LogP contribution in [0.1, 0.15) is 47.7 Å². The van der Waals surface area contributed by atoms with Crippen molar-refractivity contribution in [3.63, 3.8) is 0 Å². The van der Waals surface area contributed by atoms with Crippen LogP contribution in [-0.2, 0) is 26.1 Å². The van der Waals surface area contributed by atoms with Crippen molar-refractivity contribution < 1.29 is 22.4 Å². The summed E-state index contributed by atoms with van der Waals surface area (Å²) in [6.07, 6.45) is 0.859. The largest absolute Gasteiger partial charge is 0.455 e. The molecule has 0 aliphatic carbocycles. The third-order valence-electron chi connectivity index (χ3n) is 3.77. The SMILES string of the molecule is Cc1cccc(CS(=O)(=O)Cc2ccc(C(=O)NCCCOC(C)C)o2)c1. The fourth-order valence-corrected chi connectivity index (χ4v) is 3.96. The van der Waals surface area contributed by atoms with Gasteiger partial charge in [0.05, 0.1) is 11.9 Å². The van der Waals surface area contributed by atoms with Gasteiger partial charge in [0.25, 0.3) is 5.91 Å². The normalized spacial score (nSPS) is 11.7. The molecule has 148 valence electrons. The molecule has 1 amide bonds. The highest BCUT2D eigenvalue weighted by atomic mass is 32.2. The van der Waals surface area contributed by atoms with Crippen molar-refractivity contribution in [1.82, 2.24) is 5.32 Å². The molecule has 1 aromatic carbocycles. The molecule has 0 unspecified atom stereocenters. The van der Waals surface area contributed by atoms with Crippen molar-refractivity contribution in [1.29, 1.82) is 0 Å². The van der Waals surface area contributed by atoms with E-state index in [0.29, 0.717) is 19.6 Å². The average molecular weight is 394 g/mol. The molecular formula is C20H27NO5S. The van der Waals surface area contributed by atoms with Crippen LogP contribution in [0.25, 0.3) is 0 Å². The number of rotatable bonds is 10. The number of nitrogens with one attached hydrogen (secondary N) is 1. The van der Waals surface area contributed by atoms with E-state index in [1.807, 2.05) is 39.0 Å². The fraction of sp³-hybridized carbons (Fsp3) is 0.450. The van der Waals surface area contributed by atoms with Crippen LogP contribution in [0.2, 0.25) is 0 Å². The zero-order valence-corrected chi connectivity index (χ0v) is 16.8. The lowest BCUT2D eigenvalue weighted by atomic mass is 10.2. The number of furan rings is 1. The summed E-state index contributed by atoms with van der Waals surface area (Å²) in [7, 11) is -3.39. The highest BCUT2D eigenvalue weighted by molar-refractivity contribution is 7.89. The van der Waals surface area contributed by atoms with Gasteiger partial charge in [0, 0.05) is 13.2 Å². The number of aryl methyl sites for hydroxylation is 1. The van der Waals surface area contributed by atoms with Crippen LogP contribution in [0.5, 0.6) is 0 Å². The summed E-state index contributed by atoms with van der Waals surface area (Å²) in [4.78, 5) is 12.1. The molecule has 6 nitrogen and oxygen atoms in total. The van der Waals surface area contributed by atoms with Gasteiger partial charge in [0.2, 0.25) is 0 Å². The smallest absolute Gasteiger partial charge is 0.286 e. The molecule has 7 heteroatoms. The summed E-state index contributed by atoms with van der Waals surface area (Å²) < 4.78 is 35.6. The van der Waals surface area contributed by atoms with Crippen LogP contribution in [-0.4, -0.2) is 33.6 Å². The van der Waals surface area contributed by atoms with E-state index in [1.165, 1.54) is 12.1 Å². The number of benzene rings is 1. The van der Waals surface area contributed by atoms with Crippen LogP contribution < -0.4 is 5.32 Å². The Morgan fingerprint density at radius 3 is 2.67 bits per heavy atom. The first kappa shape index (κ1) is 21.2. The molecule has 0 aliphatic heterocycles. The monoisotopic (exact) mass is 393 g/mol. The van der Waals surface area contributed by atoms with E-state index in [-0.39, 0.29) is 35.0 Å². The minimum Gasteiger partial charge on any atom is -0.455 e. The van der Waals surface area contributed by atoms with E-state index in [4.69, 9.17) is 9.15 Å². The highest BCUT2D eigenvalue weighted by Crippen LogP contribution is 2.16. The van der Waals surface area contributed by atoms with Gasteiger partial charge in [-0.05, 0) is 44.9 Å². The lowest BCUT2D eigenvalue weighted by molar-refractivity contribution is 0.0753. The van der Waals surface area contributed by atoms with Crippen molar-refractivity contribution in [2.24, 2.45) is 0 Å². The first-order chi connectivity index (χ1) is 12.7. The number of ether oxygens (including phenoxy) is 1. The summed E-state index contributed by atoms with van der Waals surface area (Å²) >= 11 is 0. The Morgan fingerprint density at radius 2 is 1.96 bits per heavy atom. The first-order valence-corrected chi connectivity index (χ1v) is 10.8. The maximum Gasteiger partial charge on any atom is 0.286 e. The van der Waals surface area contributed by atoms with Crippen LogP contribution >= 0.6 is 0 Å². The standard InChI is InChI=1S/C20H27NO5S/c1-15(2)25-11-5-10-21-20(22)19-9-8-18(26-19)14-27(23,24)13-17-7-4-6-16(3)12-17/h4,6-9,12,15H,5,10-11,13-14H2,1-3H3,(H,21,22). The molecule has 2 aromatic rings. The Kier molecular flexibility index (Phi) is 7.62. The molecule has 0 spiro atoms. The topological polar surface area (TPSA) is 85.6 Å². The van der Waals surface area contributed by atoms with Gasteiger partial charge in [-0.15, -0.1) is 0 Å². The van der Waals surface area contributed by atoms with Crippen molar-refractivity contribution in [3.05, 3.63) is 59.0 Å². The number of carbonyl (C=O) groups is 1. The lowest BCUT2D eigenvalue weighted by Gasteiger charge is -2.07. The Balaban J connectivity index is 1.86. The van der Waals surface area contributed by atoms with Gasteiger partial charge >= 0.3 is 0 Å². The molecule has 0 radical (unpaired) electrons. The van der Waals surface area contributed by atoms with E-state index in [0.717, 1.165) is 11.1 Å². The summed E-state index contributed by atoms with van der Waals surface area (Å²) in [5, 5.41) is 2.73. The van der Waals surface area contributed by atoms with E-state index in [1.54, 1.807) is 6.07 Å². The summed E-state index contributed by atoms with van der Waals surface area (Å²) in [6.45, 7) is 6.86. The summed E-state index contributed by atoms with van der Waals surface area (Å²) in [6, 6.07) is 10.4. The van der Waals surface area contributed by atoms with E-state index < -0.39 is 9.84 Å². The van der Waals surface area contributed by atoms with Gasteiger partial charge in [-0.3, -0.25) is 4.79 Å². The summed E-state index contributed by atoms with van der Waals surface area (Å²) in [5.41, 5.74) is 1.75. The predicted octanol–water partition coefficient (Wildman–Crippen LogP) is 3.25. The zero-order chi connectivity index (χ0) is 19.9. The molecule has 0 bridgehead atoms. The van der Waals surface area contributed by atoms with Crippen LogP contribution in [0, 0.1) is 6.92 Å². The molecule has 2 rings (SSSR count). The van der Waals surface area contributed by atoms with Crippen molar-refractivity contribution in [2.75, 3.05) is 13.2 Å². The minimum atomic E-state index is -3.39. The Morgan fingerprint density at radius 1 is 1.19 bits per heavy atom. The van der Waals surface area contributed by atoms with Gasteiger partial charge in [0.1, 0.15) is 11.5 Å². The second-order valence-electron chi connectivity index (χ2n) is 6.82. The third kappa shape index (κ3) is 7.56. The predicted molar refractivity (Wildman–Crippen MR) is 104 cm³/mol. The Bertz CT molecular complexity index is 855. The van der Waals surface area contributed by atoms with Crippen molar-refractivity contribution in [3.8, 4) is 0 Å². The highest BCUT2D eigenvalue weighted by Gasteiger charge is 2.18. The number of hydrogen-bond acceptors (Lipinski definition) is 5. The number of amides is 1. The molecule has 0 saturated carbocycles. The van der Waals surface area contributed by atoms with E-state index >= 15 is 0 Å². The molecule has 27 heavy (non-hydrogen) atoms. The lowest BCUT2D eigenvalue weighted by Crippen LogP contribution is -2.25. The number of carbonyl (C=O) groups excluding carboxylic acids is 1. The Labute approximate surface area is 160 Å². The maximum absolute atomic E-state index is 12.4. The molecule has 1 aromatic heterocycles. The maximum atomic E-state index is 12.4. The van der Waals surface area contributed by atoms with Gasteiger partial charge in [-0.2, -0.15) is 0 Å². The second-order valence-corrected chi connectivity index (χ2v) is 8.88. The van der Waals surface area contributed by atoms with Gasteiger partial charge < -0.3 is 14.5 Å². The molecular weight excluding hydrogens is 366 g/mol. The number of hydrogen-bond donors (Lipinski definition) is 1. The molecule has 1 N–H and O–H groups in total. The molecule has 0 aliphatic rings. The molecule has 0 saturated heterocycles.